The number of thioether (sulfide) groups is 1. The molecule has 0 aliphatic carbocycles. The maximum atomic E-state index is 12.3. The molecular formula is C19H24O2S. The van der Waals surface area contributed by atoms with Crippen LogP contribution >= 0.6 is 11.8 Å². The summed E-state index contributed by atoms with van der Waals surface area (Å²) in [5.41, 5.74) is 3.70. The molecule has 0 unspecified atom stereocenters. The number of esters is 1. The lowest BCUT2D eigenvalue weighted by Crippen LogP contribution is -2.08. The maximum absolute atomic E-state index is 12.3. The van der Waals surface area contributed by atoms with E-state index >= 15 is 0 Å². The van der Waals surface area contributed by atoms with Crippen molar-refractivity contribution in [3.63, 3.8) is 0 Å². The Hall–Kier alpha value is -1.48. The molecule has 0 spiro atoms. The first-order chi connectivity index (χ1) is 10.8. The van der Waals surface area contributed by atoms with Gasteiger partial charge in [-0.05, 0) is 42.9 Å². The fourth-order valence-corrected chi connectivity index (χ4v) is 3.56. The highest BCUT2D eigenvalue weighted by molar-refractivity contribution is 8.04. The number of rotatable bonds is 5. The highest BCUT2D eigenvalue weighted by atomic mass is 32.2. The summed E-state index contributed by atoms with van der Waals surface area (Å²) in [4.78, 5) is 13.1. The smallest absolute Gasteiger partial charge is 0.344 e. The first-order valence-electron chi connectivity index (χ1n) is 8.05. The third kappa shape index (κ3) is 4.51. The summed E-state index contributed by atoms with van der Waals surface area (Å²) in [7, 11) is 0. The zero-order valence-electron chi connectivity index (χ0n) is 13.4. The summed E-state index contributed by atoms with van der Waals surface area (Å²) in [5, 5.41) is 0. The van der Waals surface area contributed by atoms with Crippen LogP contribution in [0, 0.1) is 0 Å². The number of ether oxygens (including phenoxy) is 1. The van der Waals surface area contributed by atoms with Gasteiger partial charge < -0.3 is 4.74 Å². The third-order valence-electron chi connectivity index (χ3n) is 3.69. The molecule has 3 heteroatoms. The van der Waals surface area contributed by atoms with Crippen molar-refractivity contribution in [2.75, 3.05) is 12.4 Å². The second-order valence-electron chi connectivity index (χ2n) is 5.31. The monoisotopic (exact) mass is 316 g/mol. The van der Waals surface area contributed by atoms with E-state index in [1.54, 1.807) is 11.8 Å². The molecule has 22 heavy (non-hydrogen) atoms. The lowest BCUT2D eigenvalue weighted by Gasteiger charge is -2.11. The fourth-order valence-electron chi connectivity index (χ4n) is 2.50. The van der Waals surface area contributed by atoms with Gasteiger partial charge in [-0.1, -0.05) is 49.8 Å². The molecule has 1 heterocycles. The summed E-state index contributed by atoms with van der Waals surface area (Å²) in [6.45, 7) is 4.45. The minimum Gasteiger partial charge on any atom is -0.462 e. The molecule has 1 aromatic rings. The van der Waals surface area contributed by atoms with E-state index in [0.717, 1.165) is 41.9 Å². The van der Waals surface area contributed by atoms with Crippen LogP contribution in [0.5, 0.6) is 0 Å². The van der Waals surface area contributed by atoms with Crippen LogP contribution in [0.4, 0.5) is 0 Å². The van der Waals surface area contributed by atoms with Crippen molar-refractivity contribution in [3.8, 4) is 0 Å². The molecule has 0 aromatic heterocycles. The zero-order valence-corrected chi connectivity index (χ0v) is 14.2. The molecule has 0 bridgehead atoms. The van der Waals surface area contributed by atoms with Gasteiger partial charge >= 0.3 is 5.97 Å². The molecule has 1 aromatic carbocycles. The van der Waals surface area contributed by atoms with Crippen molar-refractivity contribution in [1.82, 2.24) is 0 Å². The van der Waals surface area contributed by atoms with Crippen LogP contribution in [-0.2, 0) is 16.0 Å². The summed E-state index contributed by atoms with van der Waals surface area (Å²) in [5.74, 6) is 0.733. The van der Waals surface area contributed by atoms with E-state index in [-0.39, 0.29) is 5.97 Å². The van der Waals surface area contributed by atoms with Crippen molar-refractivity contribution >= 4 is 23.8 Å². The molecular weight excluding hydrogens is 292 g/mol. The van der Waals surface area contributed by atoms with E-state index < -0.39 is 0 Å². The fraction of sp³-hybridized carbons (Fsp3) is 0.421. The second-order valence-corrected chi connectivity index (χ2v) is 6.41. The summed E-state index contributed by atoms with van der Waals surface area (Å²) >= 11 is 1.63. The van der Waals surface area contributed by atoms with Crippen LogP contribution in [0.1, 0.15) is 44.2 Å². The molecule has 0 atom stereocenters. The Bertz CT molecular complexity index is 573. The Morgan fingerprint density at radius 1 is 1.23 bits per heavy atom. The SMILES string of the molecule is CCCCC1=C(\C(=O)OCC)SCCc2ccccc2/C=C\1. The number of carbonyl (C=O) groups is 1. The largest absolute Gasteiger partial charge is 0.462 e. The number of benzene rings is 1. The number of allylic oxidation sites excluding steroid dienone is 2. The van der Waals surface area contributed by atoms with Crippen LogP contribution in [0.2, 0.25) is 0 Å². The Balaban J connectivity index is 2.35. The number of aryl methyl sites for hydroxylation is 1. The average molecular weight is 316 g/mol. The Morgan fingerprint density at radius 2 is 2.05 bits per heavy atom. The van der Waals surface area contributed by atoms with Gasteiger partial charge in [0.1, 0.15) is 0 Å². The van der Waals surface area contributed by atoms with Gasteiger partial charge in [-0.25, -0.2) is 4.79 Å². The first-order valence-corrected chi connectivity index (χ1v) is 9.03. The van der Waals surface area contributed by atoms with E-state index in [0.29, 0.717) is 6.61 Å². The predicted octanol–water partition coefficient (Wildman–Crippen LogP) is 5.00. The van der Waals surface area contributed by atoms with Crippen LogP contribution in [0.25, 0.3) is 6.08 Å². The van der Waals surface area contributed by atoms with Crippen molar-refractivity contribution < 1.29 is 9.53 Å². The summed E-state index contributed by atoms with van der Waals surface area (Å²) < 4.78 is 5.25. The number of hydrogen-bond acceptors (Lipinski definition) is 3. The van der Waals surface area contributed by atoms with Crippen LogP contribution in [0.3, 0.4) is 0 Å². The molecule has 0 fully saturated rings. The van der Waals surface area contributed by atoms with Crippen LogP contribution in [0.15, 0.2) is 40.8 Å². The van der Waals surface area contributed by atoms with Gasteiger partial charge in [-0.3, -0.25) is 0 Å². The topological polar surface area (TPSA) is 26.3 Å². The summed E-state index contributed by atoms with van der Waals surface area (Å²) in [6, 6.07) is 8.45. The zero-order chi connectivity index (χ0) is 15.8. The molecule has 0 amide bonds. The predicted molar refractivity (Wildman–Crippen MR) is 94.8 cm³/mol. The number of carbonyl (C=O) groups excluding carboxylic acids is 1. The molecule has 0 radical (unpaired) electrons. The van der Waals surface area contributed by atoms with E-state index in [9.17, 15) is 4.79 Å². The van der Waals surface area contributed by atoms with Gasteiger partial charge in [0, 0.05) is 5.75 Å². The van der Waals surface area contributed by atoms with E-state index in [2.05, 4.69) is 43.3 Å². The van der Waals surface area contributed by atoms with Crippen LogP contribution < -0.4 is 0 Å². The highest BCUT2D eigenvalue weighted by Crippen LogP contribution is 2.29. The lowest BCUT2D eigenvalue weighted by atomic mass is 10.0. The van der Waals surface area contributed by atoms with Gasteiger partial charge in [0.05, 0.1) is 11.5 Å². The molecule has 0 saturated carbocycles. The highest BCUT2D eigenvalue weighted by Gasteiger charge is 2.17. The van der Waals surface area contributed by atoms with Gasteiger partial charge in [0.15, 0.2) is 0 Å². The quantitative estimate of drug-likeness (QED) is 0.715. The second kappa shape index (κ2) is 8.84. The number of unbranched alkanes of at least 4 members (excludes halogenated alkanes) is 1. The lowest BCUT2D eigenvalue weighted by molar-refractivity contribution is -0.137. The molecule has 2 nitrogen and oxygen atoms in total. The van der Waals surface area contributed by atoms with Gasteiger partial charge in [-0.2, -0.15) is 0 Å². The van der Waals surface area contributed by atoms with E-state index in [1.807, 2.05) is 6.92 Å². The number of fused-ring (bicyclic) bond motifs is 1. The molecule has 118 valence electrons. The molecule has 1 aliphatic heterocycles. The van der Waals surface area contributed by atoms with Crippen molar-refractivity contribution in [1.29, 1.82) is 0 Å². The minimum absolute atomic E-state index is 0.172. The maximum Gasteiger partial charge on any atom is 0.344 e. The standard InChI is InChI=1S/C19H24O2S/c1-3-5-8-17-12-11-15-9-6-7-10-16(15)13-14-22-18(17)19(20)21-4-2/h6-7,9-12H,3-5,8,13-14H2,1-2H3/b12-11-,18-17-. The van der Waals surface area contributed by atoms with Crippen molar-refractivity contribution in [2.24, 2.45) is 0 Å². The van der Waals surface area contributed by atoms with Crippen LogP contribution in [-0.4, -0.2) is 18.3 Å². The summed E-state index contributed by atoms with van der Waals surface area (Å²) in [6.07, 6.45) is 8.36. The molecule has 0 N–H and O–H groups in total. The van der Waals surface area contributed by atoms with Gasteiger partial charge in [0.25, 0.3) is 0 Å². The Labute approximate surface area is 137 Å². The van der Waals surface area contributed by atoms with E-state index in [4.69, 9.17) is 4.74 Å². The Kier molecular flexibility index (Phi) is 6.78. The van der Waals surface area contributed by atoms with Gasteiger partial charge in [-0.15, -0.1) is 11.8 Å². The average Bonchev–Trinajstić information content (AvgIpc) is 2.62. The molecule has 2 rings (SSSR count). The van der Waals surface area contributed by atoms with E-state index in [1.165, 1.54) is 11.1 Å². The normalized spacial score (nSPS) is 19.5. The minimum atomic E-state index is -0.172. The first kappa shape index (κ1) is 16.9. The van der Waals surface area contributed by atoms with Gasteiger partial charge in [0.2, 0.25) is 0 Å². The molecule has 0 saturated heterocycles. The van der Waals surface area contributed by atoms with Crippen molar-refractivity contribution in [3.05, 3.63) is 51.9 Å². The Morgan fingerprint density at radius 3 is 2.82 bits per heavy atom. The molecule has 1 aliphatic rings. The van der Waals surface area contributed by atoms with Crippen molar-refractivity contribution in [2.45, 2.75) is 39.5 Å². The third-order valence-corrected chi connectivity index (χ3v) is 4.81. The number of hydrogen-bond donors (Lipinski definition) is 0.